The van der Waals surface area contributed by atoms with Gasteiger partial charge in [0.1, 0.15) is 6.54 Å². The van der Waals surface area contributed by atoms with Crippen LogP contribution in [0.3, 0.4) is 0 Å². The quantitative estimate of drug-likeness (QED) is 0.697. The molecule has 3 aromatic rings. The fraction of sp³-hybridized carbons (Fsp3) is 0.348. The molecule has 29 heavy (non-hydrogen) atoms. The number of rotatable bonds is 6. The lowest BCUT2D eigenvalue weighted by molar-refractivity contribution is -0.917. The van der Waals surface area contributed by atoms with Gasteiger partial charge in [-0.05, 0) is 19.1 Å². The number of piperazine rings is 1. The number of nitrogens with one attached hydrogen (secondary N) is 1. The lowest BCUT2D eigenvalue weighted by Gasteiger charge is -2.32. The van der Waals surface area contributed by atoms with E-state index >= 15 is 0 Å². The van der Waals surface area contributed by atoms with Crippen LogP contribution in [0.1, 0.15) is 23.4 Å². The Balaban J connectivity index is 1.24. The zero-order chi connectivity index (χ0) is 20.1. The second kappa shape index (κ2) is 9.01. The summed E-state index contributed by atoms with van der Waals surface area (Å²) in [6.07, 6.45) is 0.887. The number of hydrogen-bond donors (Lipinski definition) is 1. The standard InChI is InChI=1S/C23H26N4O2/c1-18-7-9-20(10-8-18)23-25-24-21(29-23)11-12-22(28)27-15-13-26(14-16-27)17-19-5-3-2-4-6-19/h2-10H,11-17H2,1H3/p+1. The Morgan fingerprint density at radius 3 is 2.48 bits per heavy atom. The van der Waals surface area contributed by atoms with E-state index in [1.807, 2.05) is 42.2 Å². The van der Waals surface area contributed by atoms with E-state index in [-0.39, 0.29) is 5.91 Å². The predicted molar refractivity (Wildman–Crippen MR) is 110 cm³/mol. The number of hydrogen-bond acceptors (Lipinski definition) is 4. The molecule has 0 spiro atoms. The fourth-order valence-corrected chi connectivity index (χ4v) is 3.67. The maximum atomic E-state index is 12.6. The van der Waals surface area contributed by atoms with E-state index in [4.69, 9.17) is 4.42 Å². The molecule has 6 heteroatoms. The summed E-state index contributed by atoms with van der Waals surface area (Å²) >= 11 is 0. The van der Waals surface area contributed by atoms with Gasteiger partial charge in [0.2, 0.25) is 17.7 Å². The summed E-state index contributed by atoms with van der Waals surface area (Å²) in [5.41, 5.74) is 3.44. The van der Waals surface area contributed by atoms with Crippen molar-refractivity contribution in [2.75, 3.05) is 26.2 Å². The van der Waals surface area contributed by atoms with E-state index in [1.54, 1.807) is 0 Å². The molecule has 0 saturated carbocycles. The maximum absolute atomic E-state index is 12.6. The molecule has 4 rings (SSSR count). The van der Waals surface area contributed by atoms with Gasteiger partial charge in [-0.3, -0.25) is 4.79 Å². The number of aromatic nitrogens is 2. The molecular formula is C23H27N4O2+. The van der Waals surface area contributed by atoms with Crippen LogP contribution in [0.4, 0.5) is 0 Å². The number of amides is 1. The van der Waals surface area contributed by atoms with Gasteiger partial charge in [-0.25, -0.2) is 0 Å². The molecule has 2 aromatic carbocycles. The maximum Gasteiger partial charge on any atom is 0.247 e. The van der Waals surface area contributed by atoms with Gasteiger partial charge in [-0.2, -0.15) is 0 Å². The minimum Gasteiger partial charge on any atom is -0.421 e. The summed E-state index contributed by atoms with van der Waals surface area (Å²) in [5.74, 6) is 1.19. The molecule has 0 atom stereocenters. The van der Waals surface area contributed by atoms with Gasteiger partial charge < -0.3 is 14.2 Å². The molecule has 0 unspecified atom stereocenters. The molecule has 1 aliphatic heterocycles. The van der Waals surface area contributed by atoms with Gasteiger partial charge in [0, 0.05) is 24.0 Å². The average Bonchev–Trinajstić information content (AvgIpc) is 3.23. The van der Waals surface area contributed by atoms with Crippen LogP contribution in [-0.4, -0.2) is 47.2 Å². The van der Waals surface area contributed by atoms with Crippen LogP contribution in [0, 0.1) is 6.92 Å². The molecule has 6 nitrogen and oxygen atoms in total. The molecule has 0 bridgehead atoms. The Hall–Kier alpha value is -2.99. The lowest BCUT2D eigenvalue weighted by atomic mass is 10.1. The number of aryl methyl sites for hydroxylation is 2. The molecule has 0 aliphatic carbocycles. The molecule has 1 N–H and O–H groups in total. The Morgan fingerprint density at radius 1 is 1.03 bits per heavy atom. The molecule has 2 heterocycles. The van der Waals surface area contributed by atoms with E-state index in [1.165, 1.54) is 16.0 Å². The van der Waals surface area contributed by atoms with E-state index in [0.717, 1.165) is 38.3 Å². The number of nitrogens with zero attached hydrogens (tertiary/aromatic N) is 3. The van der Waals surface area contributed by atoms with Crippen LogP contribution in [0.5, 0.6) is 0 Å². The zero-order valence-electron chi connectivity index (χ0n) is 16.8. The first kappa shape index (κ1) is 19.3. The SMILES string of the molecule is Cc1ccc(-c2nnc(CCC(=O)N3CC[NH+](Cc4ccccc4)CC3)o2)cc1. The zero-order valence-corrected chi connectivity index (χ0v) is 16.8. The van der Waals surface area contributed by atoms with Crippen LogP contribution < -0.4 is 4.90 Å². The minimum atomic E-state index is 0.166. The van der Waals surface area contributed by atoms with Crippen molar-refractivity contribution < 1.29 is 14.1 Å². The molecular weight excluding hydrogens is 364 g/mol. The lowest BCUT2D eigenvalue weighted by Crippen LogP contribution is -3.13. The normalized spacial score (nSPS) is 14.9. The third kappa shape index (κ3) is 5.09. The number of carbonyl (C=O) groups is 1. The van der Waals surface area contributed by atoms with Crippen molar-refractivity contribution in [3.05, 3.63) is 71.6 Å². The molecule has 1 saturated heterocycles. The summed E-state index contributed by atoms with van der Waals surface area (Å²) in [5, 5.41) is 8.21. The highest BCUT2D eigenvalue weighted by Gasteiger charge is 2.24. The van der Waals surface area contributed by atoms with Crippen molar-refractivity contribution in [2.45, 2.75) is 26.3 Å². The van der Waals surface area contributed by atoms with Crippen LogP contribution in [0.25, 0.3) is 11.5 Å². The van der Waals surface area contributed by atoms with E-state index in [0.29, 0.717) is 24.6 Å². The third-order valence-electron chi connectivity index (χ3n) is 5.44. The summed E-state index contributed by atoms with van der Waals surface area (Å²) in [6.45, 7) is 6.64. The number of quaternary nitrogens is 1. The fourth-order valence-electron chi connectivity index (χ4n) is 3.67. The van der Waals surface area contributed by atoms with Crippen molar-refractivity contribution in [3.63, 3.8) is 0 Å². The van der Waals surface area contributed by atoms with Crippen LogP contribution in [0.2, 0.25) is 0 Å². The first-order chi connectivity index (χ1) is 14.2. The van der Waals surface area contributed by atoms with Gasteiger partial charge in [0.15, 0.2) is 0 Å². The third-order valence-corrected chi connectivity index (χ3v) is 5.44. The Kier molecular flexibility index (Phi) is 6.00. The van der Waals surface area contributed by atoms with Crippen LogP contribution in [0.15, 0.2) is 59.0 Å². The Labute approximate surface area is 171 Å². The summed E-state index contributed by atoms with van der Waals surface area (Å²) in [4.78, 5) is 16.1. The number of carbonyl (C=O) groups excluding carboxylic acids is 1. The Bertz CT molecular complexity index is 929. The van der Waals surface area contributed by atoms with Crippen LogP contribution in [-0.2, 0) is 17.8 Å². The highest BCUT2D eigenvalue weighted by molar-refractivity contribution is 5.76. The van der Waals surface area contributed by atoms with Crippen LogP contribution >= 0.6 is 0 Å². The van der Waals surface area contributed by atoms with Gasteiger partial charge in [0.25, 0.3) is 0 Å². The molecule has 150 valence electrons. The van der Waals surface area contributed by atoms with Crippen molar-refractivity contribution >= 4 is 5.91 Å². The van der Waals surface area contributed by atoms with Crippen molar-refractivity contribution in [3.8, 4) is 11.5 Å². The number of benzene rings is 2. The monoisotopic (exact) mass is 391 g/mol. The van der Waals surface area contributed by atoms with Crippen molar-refractivity contribution in [2.24, 2.45) is 0 Å². The second-order valence-corrected chi connectivity index (χ2v) is 7.66. The van der Waals surface area contributed by atoms with E-state index in [9.17, 15) is 4.79 Å². The van der Waals surface area contributed by atoms with Gasteiger partial charge >= 0.3 is 0 Å². The molecule has 1 aromatic heterocycles. The highest BCUT2D eigenvalue weighted by atomic mass is 16.4. The van der Waals surface area contributed by atoms with Gasteiger partial charge in [-0.1, -0.05) is 48.0 Å². The average molecular weight is 391 g/mol. The smallest absolute Gasteiger partial charge is 0.247 e. The highest BCUT2D eigenvalue weighted by Crippen LogP contribution is 2.18. The predicted octanol–water partition coefficient (Wildman–Crippen LogP) is 1.90. The summed E-state index contributed by atoms with van der Waals surface area (Å²) in [6, 6.07) is 18.5. The molecule has 1 aliphatic rings. The second-order valence-electron chi connectivity index (χ2n) is 7.66. The van der Waals surface area contributed by atoms with Gasteiger partial charge in [0.05, 0.1) is 26.2 Å². The van der Waals surface area contributed by atoms with Crippen molar-refractivity contribution in [1.29, 1.82) is 0 Å². The van der Waals surface area contributed by atoms with E-state index in [2.05, 4.69) is 34.5 Å². The largest absolute Gasteiger partial charge is 0.421 e. The van der Waals surface area contributed by atoms with Gasteiger partial charge in [-0.15, -0.1) is 10.2 Å². The van der Waals surface area contributed by atoms with Crippen molar-refractivity contribution in [1.82, 2.24) is 15.1 Å². The minimum absolute atomic E-state index is 0.166. The molecule has 0 radical (unpaired) electrons. The molecule has 1 fully saturated rings. The topological polar surface area (TPSA) is 63.7 Å². The Morgan fingerprint density at radius 2 is 1.76 bits per heavy atom. The summed E-state index contributed by atoms with van der Waals surface area (Å²) < 4.78 is 5.73. The first-order valence-electron chi connectivity index (χ1n) is 10.2. The summed E-state index contributed by atoms with van der Waals surface area (Å²) in [7, 11) is 0. The van der Waals surface area contributed by atoms with E-state index < -0.39 is 0 Å². The molecule has 1 amide bonds. The first-order valence-corrected chi connectivity index (χ1v) is 10.2.